The summed E-state index contributed by atoms with van der Waals surface area (Å²) in [6.45, 7) is 3.60. The van der Waals surface area contributed by atoms with Crippen molar-refractivity contribution in [3.63, 3.8) is 0 Å². The minimum Gasteiger partial charge on any atom is -0.369 e. The maximum absolute atomic E-state index is 13.8. The third-order valence-electron chi connectivity index (χ3n) is 4.83. The normalized spacial score (nSPS) is 29.5. The molecule has 116 valence electrons. The fourth-order valence-electron chi connectivity index (χ4n) is 3.42. The van der Waals surface area contributed by atoms with Gasteiger partial charge in [0.15, 0.2) is 0 Å². The van der Waals surface area contributed by atoms with E-state index in [9.17, 15) is 4.39 Å². The van der Waals surface area contributed by atoms with Crippen LogP contribution in [-0.2, 0) is 11.3 Å². The van der Waals surface area contributed by atoms with Crippen LogP contribution in [-0.4, -0.2) is 18.2 Å². The molecule has 0 radical (unpaired) electrons. The van der Waals surface area contributed by atoms with Gasteiger partial charge in [-0.05, 0) is 37.7 Å². The first-order valence-electron chi connectivity index (χ1n) is 8.28. The summed E-state index contributed by atoms with van der Waals surface area (Å²) in [4.78, 5) is 0. The van der Waals surface area contributed by atoms with Gasteiger partial charge in [-0.15, -0.1) is 0 Å². The Kier molecular flexibility index (Phi) is 4.60. The zero-order valence-corrected chi connectivity index (χ0v) is 12.9. The largest absolute Gasteiger partial charge is 0.369 e. The Bertz CT molecular complexity index is 474. The summed E-state index contributed by atoms with van der Waals surface area (Å²) in [7, 11) is 0. The standard InChI is InChI=1S/C18H26FNO/c1-14-5-4-10-18(11-14,13-20-16-8-9-16)21-12-15-6-2-3-7-17(15)19/h2-3,6-7,14,16,20H,4-5,8-13H2,1H3. The zero-order valence-electron chi connectivity index (χ0n) is 12.9. The summed E-state index contributed by atoms with van der Waals surface area (Å²) in [5.41, 5.74) is 0.559. The molecule has 2 atom stereocenters. The second-order valence-electron chi connectivity index (χ2n) is 6.92. The van der Waals surface area contributed by atoms with Gasteiger partial charge in [0.05, 0.1) is 12.2 Å². The number of halogens is 1. The Morgan fingerprint density at radius 2 is 2.10 bits per heavy atom. The molecule has 0 amide bonds. The van der Waals surface area contributed by atoms with E-state index in [-0.39, 0.29) is 11.4 Å². The molecule has 0 saturated heterocycles. The van der Waals surface area contributed by atoms with Crippen LogP contribution in [0.3, 0.4) is 0 Å². The fourth-order valence-corrected chi connectivity index (χ4v) is 3.42. The smallest absolute Gasteiger partial charge is 0.128 e. The van der Waals surface area contributed by atoms with E-state index in [2.05, 4.69) is 12.2 Å². The summed E-state index contributed by atoms with van der Waals surface area (Å²) in [6.07, 6.45) is 7.25. The first kappa shape index (κ1) is 15.0. The van der Waals surface area contributed by atoms with Gasteiger partial charge in [-0.1, -0.05) is 38.0 Å². The minimum atomic E-state index is -0.160. The van der Waals surface area contributed by atoms with Crippen molar-refractivity contribution >= 4 is 0 Å². The van der Waals surface area contributed by atoms with Crippen LogP contribution in [0, 0.1) is 11.7 Å². The molecule has 0 aliphatic heterocycles. The summed E-state index contributed by atoms with van der Waals surface area (Å²) in [6, 6.07) is 7.63. The first-order chi connectivity index (χ1) is 10.2. The van der Waals surface area contributed by atoms with Crippen molar-refractivity contribution in [2.45, 2.75) is 63.7 Å². The van der Waals surface area contributed by atoms with Gasteiger partial charge in [0.1, 0.15) is 5.82 Å². The van der Waals surface area contributed by atoms with E-state index in [1.54, 1.807) is 6.07 Å². The molecule has 1 N–H and O–H groups in total. The van der Waals surface area contributed by atoms with Gasteiger partial charge in [-0.2, -0.15) is 0 Å². The number of hydrogen-bond donors (Lipinski definition) is 1. The first-order valence-corrected chi connectivity index (χ1v) is 8.28. The van der Waals surface area contributed by atoms with Crippen LogP contribution in [0.4, 0.5) is 4.39 Å². The number of rotatable bonds is 6. The van der Waals surface area contributed by atoms with Crippen molar-refractivity contribution in [3.05, 3.63) is 35.6 Å². The van der Waals surface area contributed by atoms with Gasteiger partial charge in [0.25, 0.3) is 0 Å². The summed E-state index contributed by atoms with van der Waals surface area (Å²) in [5, 5.41) is 3.62. The quantitative estimate of drug-likeness (QED) is 0.854. The lowest BCUT2D eigenvalue weighted by Crippen LogP contribution is -2.47. The molecule has 0 bridgehead atoms. The van der Waals surface area contributed by atoms with E-state index in [4.69, 9.17) is 4.74 Å². The molecule has 3 heteroatoms. The molecule has 1 aromatic rings. The molecule has 2 saturated carbocycles. The van der Waals surface area contributed by atoms with E-state index in [0.29, 0.717) is 24.1 Å². The predicted molar refractivity (Wildman–Crippen MR) is 82.6 cm³/mol. The number of hydrogen-bond acceptors (Lipinski definition) is 2. The molecule has 2 fully saturated rings. The Hall–Kier alpha value is -0.930. The molecule has 2 unspecified atom stereocenters. The zero-order chi connectivity index (χ0) is 14.7. The van der Waals surface area contributed by atoms with Crippen LogP contribution in [0.2, 0.25) is 0 Å². The maximum Gasteiger partial charge on any atom is 0.128 e. The molecule has 0 spiro atoms. The van der Waals surface area contributed by atoms with Crippen LogP contribution in [0.5, 0.6) is 0 Å². The van der Waals surface area contributed by atoms with Crippen molar-refractivity contribution in [2.75, 3.05) is 6.54 Å². The molecule has 2 nitrogen and oxygen atoms in total. The molecule has 3 rings (SSSR count). The lowest BCUT2D eigenvalue weighted by atomic mass is 9.78. The number of ether oxygens (including phenoxy) is 1. The Morgan fingerprint density at radius 1 is 1.29 bits per heavy atom. The lowest BCUT2D eigenvalue weighted by molar-refractivity contribution is -0.0898. The lowest BCUT2D eigenvalue weighted by Gasteiger charge is -2.40. The fraction of sp³-hybridized carbons (Fsp3) is 0.667. The van der Waals surface area contributed by atoms with E-state index in [1.807, 2.05) is 12.1 Å². The second kappa shape index (κ2) is 6.45. The molecular formula is C18H26FNO. The number of nitrogens with one attached hydrogen (secondary N) is 1. The third-order valence-corrected chi connectivity index (χ3v) is 4.83. The molecule has 1 aromatic carbocycles. The molecule has 0 heterocycles. The highest BCUT2D eigenvalue weighted by atomic mass is 19.1. The molecular weight excluding hydrogens is 265 g/mol. The third kappa shape index (κ3) is 4.04. The van der Waals surface area contributed by atoms with Crippen molar-refractivity contribution in [1.82, 2.24) is 5.32 Å². The van der Waals surface area contributed by atoms with E-state index < -0.39 is 0 Å². The van der Waals surface area contributed by atoms with Gasteiger partial charge < -0.3 is 10.1 Å². The van der Waals surface area contributed by atoms with Crippen LogP contribution in [0.1, 0.15) is 51.0 Å². The topological polar surface area (TPSA) is 21.3 Å². The summed E-state index contributed by atoms with van der Waals surface area (Å²) in [5.74, 6) is 0.534. The Balaban J connectivity index is 1.64. The summed E-state index contributed by atoms with van der Waals surface area (Å²) < 4.78 is 20.1. The Morgan fingerprint density at radius 3 is 2.81 bits per heavy atom. The Labute approximate surface area is 127 Å². The summed E-state index contributed by atoms with van der Waals surface area (Å²) >= 11 is 0. The van der Waals surface area contributed by atoms with Crippen LogP contribution >= 0.6 is 0 Å². The molecule has 21 heavy (non-hydrogen) atoms. The van der Waals surface area contributed by atoms with Gasteiger partial charge in [-0.3, -0.25) is 0 Å². The molecule has 2 aliphatic rings. The monoisotopic (exact) mass is 291 g/mol. The van der Waals surface area contributed by atoms with E-state index in [0.717, 1.165) is 19.4 Å². The van der Waals surface area contributed by atoms with Crippen molar-refractivity contribution in [2.24, 2.45) is 5.92 Å². The van der Waals surface area contributed by atoms with Crippen LogP contribution in [0.15, 0.2) is 24.3 Å². The average Bonchev–Trinajstić information content (AvgIpc) is 3.29. The van der Waals surface area contributed by atoms with E-state index in [1.165, 1.54) is 31.7 Å². The highest BCUT2D eigenvalue weighted by molar-refractivity contribution is 5.16. The molecule has 2 aliphatic carbocycles. The van der Waals surface area contributed by atoms with Crippen molar-refractivity contribution < 1.29 is 9.13 Å². The van der Waals surface area contributed by atoms with Crippen molar-refractivity contribution in [3.8, 4) is 0 Å². The highest BCUT2D eigenvalue weighted by Crippen LogP contribution is 2.36. The SMILES string of the molecule is CC1CCCC(CNC2CC2)(OCc2ccccc2F)C1. The number of benzene rings is 1. The highest BCUT2D eigenvalue weighted by Gasteiger charge is 2.37. The predicted octanol–water partition coefficient (Wildman–Crippen LogP) is 4.04. The van der Waals surface area contributed by atoms with Gasteiger partial charge in [-0.25, -0.2) is 4.39 Å². The average molecular weight is 291 g/mol. The van der Waals surface area contributed by atoms with E-state index >= 15 is 0 Å². The minimum absolute atomic E-state index is 0.109. The van der Waals surface area contributed by atoms with Crippen molar-refractivity contribution in [1.29, 1.82) is 0 Å². The van der Waals surface area contributed by atoms with Gasteiger partial charge in [0.2, 0.25) is 0 Å². The van der Waals surface area contributed by atoms with Gasteiger partial charge >= 0.3 is 0 Å². The van der Waals surface area contributed by atoms with Gasteiger partial charge in [0, 0.05) is 18.2 Å². The second-order valence-corrected chi connectivity index (χ2v) is 6.92. The van der Waals surface area contributed by atoms with Crippen LogP contribution in [0.25, 0.3) is 0 Å². The molecule has 0 aromatic heterocycles. The maximum atomic E-state index is 13.8. The van der Waals surface area contributed by atoms with Crippen LogP contribution < -0.4 is 5.32 Å².